The highest BCUT2D eigenvalue weighted by atomic mass is 79.9. The first kappa shape index (κ1) is 13.6. The van der Waals surface area contributed by atoms with Gasteiger partial charge in [-0.3, -0.25) is 4.79 Å². The van der Waals surface area contributed by atoms with Crippen molar-refractivity contribution in [3.05, 3.63) is 33.8 Å². The maximum absolute atomic E-state index is 12.6. The zero-order valence-corrected chi connectivity index (χ0v) is 12.8. The van der Waals surface area contributed by atoms with Crippen LogP contribution in [0.5, 0.6) is 0 Å². The zero-order chi connectivity index (χ0) is 13.3. The Bertz CT molecular complexity index is 458. The Morgan fingerprint density at radius 2 is 2.11 bits per heavy atom. The smallest absolute Gasteiger partial charge is 0.255 e. The Balaban J connectivity index is 2.28. The summed E-state index contributed by atoms with van der Waals surface area (Å²) in [5.41, 5.74) is 1.90. The van der Waals surface area contributed by atoms with Gasteiger partial charge in [0.05, 0.1) is 5.56 Å². The Hall–Kier alpha value is -0.830. The molecule has 1 aliphatic rings. The van der Waals surface area contributed by atoms with E-state index < -0.39 is 0 Å². The minimum Gasteiger partial charge on any atom is -0.336 e. The standard InChI is InChI=1S/C15H20BrNO/c1-10-7-5-9-17(12(10)3)15(18)13-8-4-6-11(2)14(13)16/h4,6,8,10,12H,5,7,9H2,1-3H3. The van der Waals surface area contributed by atoms with Crippen LogP contribution in [0.1, 0.15) is 42.6 Å². The summed E-state index contributed by atoms with van der Waals surface area (Å²) >= 11 is 3.53. The largest absolute Gasteiger partial charge is 0.336 e. The first-order chi connectivity index (χ1) is 8.52. The van der Waals surface area contributed by atoms with E-state index in [-0.39, 0.29) is 5.91 Å². The van der Waals surface area contributed by atoms with Crippen LogP contribution in [0.2, 0.25) is 0 Å². The molecule has 0 N–H and O–H groups in total. The number of carbonyl (C=O) groups excluding carboxylic acids is 1. The third kappa shape index (κ3) is 2.46. The molecular formula is C15H20BrNO. The number of halogens is 1. The number of hydrogen-bond donors (Lipinski definition) is 0. The van der Waals surface area contributed by atoms with Crippen molar-refractivity contribution >= 4 is 21.8 Å². The highest BCUT2D eigenvalue weighted by molar-refractivity contribution is 9.10. The van der Waals surface area contributed by atoms with E-state index in [2.05, 4.69) is 29.8 Å². The third-order valence-electron chi connectivity index (χ3n) is 4.06. The van der Waals surface area contributed by atoms with Gasteiger partial charge in [-0.15, -0.1) is 0 Å². The highest BCUT2D eigenvalue weighted by Gasteiger charge is 2.29. The molecular weight excluding hydrogens is 290 g/mol. The van der Waals surface area contributed by atoms with Crippen LogP contribution in [0, 0.1) is 12.8 Å². The van der Waals surface area contributed by atoms with Crippen LogP contribution in [-0.2, 0) is 0 Å². The van der Waals surface area contributed by atoms with Gasteiger partial charge in [0.2, 0.25) is 0 Å². The van der Waals surface area contributed by atoms with Gasteiger partial charge < -0.3 is 4.90 Å². The Morgan fingerprint density at radius 3 is 2.83 bits per heavy atom. The summed E-state index contributed by atoms with van der Waals surface area (Å²) < 4.78 is 0.931. The minimum absolute atomic E-state index is 0.157. The molecule has 0 saturated carbocycles. The maximum Gasteiger partial charge on any atom is 0.255 e. The zero-order valence-electron chi connectivity index (χ0n) is 11.2. The van der Waals surface area contributed by atoms with Crippen molar-refractivity contribution in [1.29, 1.82) is 0 Å². The summed E-state index contributed by atoms with van der Waals surface area (Å²) in [6.07, 6.45) is 2.33. The fourth-order valence-electron chi connectivity index (χ4n) is 2.59. The molecule has 0 spiro atoms. The second kappa shape index (κ2) is 5.43. The van der Waals surface area contributed by atoms with E-state index in [1.807, 2.05) is 30.0 Å². The van der Waals surface area contributed by atoms with Crippen molar-refractivity contribution in [3.8, 4) is 0 Å². The van der Waals surface area contributed by atoms with Gasteiger partial charge >= 0.3 is 0 Å². The van der Waals surface area contributed by atoms with Crippen molar-refractivity contribution in [1.82, 2.24) is 4.90 Å². The number of likely N-dealkylation sites (tertiary alicyclic amines) is 1. The molecule has 2 nitrogen and oxygen atoms in total. The molecule has 1 saturated heterocycles. The van der Waals surface area contributed by atoms with Crippen molar-refractivity contribution in [2.45, 2.75) is 39.7 Å². The second-order valence-corrected chi connectivity index (χ2v) is 6.09. The lowest BCUT2D eigenvalue weighted by atomic mass is 9.91. The monoisotopic (exact) mass is 309 g/mol. The number of piperidine rings is 1. The molecule has 1 fully saturated rings. The van der Waals surface area contributed by atoms with Gasteiger partial charge in [-0.05, 0) is 60.2 Å². The van der Waals surface area contributed by atoms with Gasteiger partial charge in [0.1, 0.15) is 0 Å². The predicted molar refractivity (Wildman–Crippen MR) is 77.8 cm³/mol. The molecule has 2 unspecified atom stereocenters. The van der Waals surface area contributed by atoms with E-state index in [1.54, 1.807) is 0 Å². The normalized spacial score (nSPS) is 24.1. The summed E-state index contributed by atoms with van der Waals surface area (Å²) in [7, 11) is 0. The first-order valence-corrected chi connectivity index (χ1v) is 7.37. The molecule has 1 heterocycles. The second-order valence-electron chi connectivity index (χ2n) is 5.30. The summed E-state index contributed by atoms with van der Waals surface area (Å²) in [6, 6.07) is 6.21. The molecule has 3 heteroatoms. The molecule has 1 aromatic rings. The molecule has 98 valence electrons. The summed E-state index contributed by atoms with van der Waals surface area (Å²) in [6.45, 7) is 7.29. The molecule has 2 atom stereocenters. The highest BCUT2D eigenvalue weighted by Crippen LogP contribution is 2.28. The fourth-order valence-corrected chi connectivity index (χ4v) is 3.02. The lowest BCUT2D eigenvalue weighted by Gasteiger charge is -2.38. The average molecular weight is 310 g/mol. The lowest BCUT2D eigenvalue weighted by Crippen LogP contribution is -2.46. The van der Waals surface area contributed by atoms with Gasteiger partial charge in [-0.25, -0.2) is 0 Å². The van der Waals surface area contributed by atoms with Crippen molar-refractivity contribution < 1.29 is 4.79 Å². The minimum atomic E-state index is 0.157. The van der Waals surface area contributed by atoms with E-state index in [4.69, 9.17) is 0 Å². The number of benzene rings is 1. The van der Waals surface area contributed by atoms with Gasteiger partial charge in [0.25, 0.3) is 5.91 Å². The van der Waals surface area contributed by atoms with Gasteiger partial charge in [-0.1, -0.05) is 19.1 Å². The van der Waals surface area contributed by atoms with E-state index in [0.29, 0.717) is 12.0 Å². The van der Waals surface area contributed by atoms with Crippen molar-refractivity contribution in [2.75, 3.05) is 6.54 Å². The topological polar surface area (TPSA) is 20.3 Å². The van der Waals surface area contributed by atoms with E-state index in [1.165, 1.54) is 6.42 Å². The Kier molecular flexibility index (Phi) is 4.10. The van der Waals surface area contributed by atoms with Crippen LogP contribution in [0.4, 0.5) is 0 Å². The number of rotatable bonds is 1. The van der Waals surface area contributed by atoms with Crippen LogP contribution in [0.25, 0.3) is 0 Å². The number of hydrogen-bond acceptors (Lipinski definition) is 1. The quantitative estimate of drug-likeness (QED) is 0.767. The SMILES string of the molecule is Cc1cccc(C(=O)N2CCCC(C)C2C)c1Br. The molecule has 0 radical (unpaired) electrons. The Labute approximate surface area is 117 Å². The number of carbonyl (C=O) groups is 1. The third-order valence-corrected chi connectivity index (χ3v) is 5.11. The molecule has 1 aliphatic heterocycles. The van der Waals surface area contributed by atoms with Gasteiger partial charge in [-0.2, -0.15) is 0 Å². The van der Waals surface area contributed by atoms with Crippen LogP contribution in [0.15, 0.2) is 22.7 Å². The molecule has 18 heavy (non-hydrogen) atoms. The van der Waals surface area contributed by atoms with Gasteiger partial charge in [0, 0.05) is 17.1 Å². The summed E-state index contributed by atoms with van der Waals surface area (Å²) in [4.78, 5) is 14.6. The number of amides is 1. The van der Waals surface area contributed by atoms with Crippen LogP contribution >= 0.6 is 15.9 Å². The van der Waals surface area contributed by atoms with E-state index in [0.717, 1.165) is 28.6 Å². The fraction of sp³-hybridized carbons (Fsp3) is 0.533. The molecule has 1 amide bonds. The summed E-state index contributed by atoms with van der Waals surface area (Å²) in [5, 5.41) is 0. The molecule has 2 rings (SSSR count). The van der Waals surface area contributed by atoms with Crippen LogP contribution in [0.3, 0.4) is 0 Å². The molecule has 0 aromatic heterocycles. The van der Waals surface area contributed by atoms with Crippen LogP contribution in [-0.4, -0.2) is 23.4 Å². The van der Waals surface area contributed by atoms with E-state index in [9.17, 15) is 4.79 Å². The first-order valence-electron chi connectivity index (χ1n) is 6.58. The number of nitrogens with zero attached hydrogens (tertiary/aromatic N) is 1. The molecule has 0 bridgehead atoms. The van der Waals surface area contributed by atoms with Crippen LogP contribution < -0.4 is 0 Å². The van der Waals surface area contributed by atoms with Gasteiger partial charge in [0.15, 0.2) is 0 Å². The lowest BCUT2D eigenvalue weighted by molar-refractivity contribution is 0.0550. The molecule has 1 aromatic carbocycles. The van der Waals surface area contributed by atoms with Crippen molar-refractivity contribution in [3.63, 3.8) is 0 Å². The molecule has 0 aliphatic carbocycles. The van der Waals surface area contributed by atoms with Crippen molar-refractivity contribution in [2.24, 2.45) is 5.92 Å². The maximum atomic E-state index is 12.6. The number of aryl methyl sites for hydroxylation is 1. The summed E-state index contributed by atoms with van der Waals surface area (Å²) in [5.74, 6) is 0.746. The average Bonchev–Trinajstić information content (AvgIpc) is 2.35. The van der Waals surface area contributed by atoms with E-state index >= 15 is 0 Å². The Morgan fingerprint density at radius 1 is 1.39 bits per heavy atom. The predicted octanol–water partition coefficient (Wildman–Crippen LogP) is 4.02.